The van der Waals surface area contributed by atoms with E-state index in [9.17, 15) is 17.6 Å². The number of piperidine rings is 1. The average Bonchev–Trinajstić information content (AvgIpc) is 2.44. The van der Waals surface area contributed by atoms with E-state index in [1.807, 2.05) is 0 Å². The predicted molar refractivity (Wildman–Crippen MR) is 77.4 cm³/mol. The summed E-state index contributed by atoms with van der Waals surface area (Å²) in [6.45, 7) is 0.557. The van der Waals surface area contributed by atoms with Crippen molar-refractivity contribution in [3.63, 3.8) is 0 Å². The molecule has 116 valence electrons. The summed E-state index contributed by atoms with van der Waals surface area (Å²) in [5.74, 6) is -0.693. The summed E-state index contributed by atoms with van der Waals surface area (Å²) in [7, 11) is -3.40. The Morgan fingerprint density at radius 3 is 2.86 bits per heavy atom. The van der Waals surface area contributed by atoms with E-state index in [1.54, 1.807) is 12.1 Å². The number of carbonyl (C=O) groups is 1. The van der Waals surface area contributed by atoms with E-state index in [-0.39, 0.29) is 18.3 Å². The van der Waals surface area contributed by atoms with Crippen molar-refractivity contribution in [2.24, 2.45) is 0 Å². The quantitative estimate of drug-likeness (QED) is 0.910. The second kappa shape index (κ2) is 6.53. The van der Waals surface area contributed by atoms with Gasteiger partial charge in [-0.05, 0) is 30.5 Å². The van der Waals surface area contributed by atoms with Crippen molar-refractivity contribution < 1.29 is 17.6 Å². The Morgan fingerprint density at radius 1 is 1.43 bits per heavy atom. The number of hydrogen-bond acceptors (Lipinski definition) is 3. The van der Waals surface area contributed by atoms with Crippen molar-refractivity contribution >= 4 is 15.9 Å². The maximum absolute atomic E-state index is 13.1. The fourth-order valence-electron chi connectivity index (χ4n) is 2.52. The molecular formula is C14H19FN2O3S. The van der Waals surface area contributed by atoms with Crippen LogP contribution in [0.4, 0.5) is 4.39 Å². The van der Waals surface area contributed by atoms with Gasteiger partial charge in [0.05, 0.1) is 6.26 Å². The standard InChI is InChI=1S/C14H19FN2O3S/c1-21(19,20)17-8-3-2-7-13(17)14(18)16-10-11-5-4-6-12(15)9-11/h4-6,9,13H,2-3,7-8,10H2,1H3,(H,16,18)/t13-/m0/s1. The highest BCUT2D eigenvalue weighted by Crippen LogP contribution is 2.20. The van der Waals surface area contributed by atoms with Crippen LogP contribution in [0.25, 0.3) is 0 Å². The first-order valence-corrected chi connectivity index (χ1v) is 8.72. The minimum atomic E-state index is -3.40. The normalized spacial score (nSPS) is 20.2. The first-order chi connectivity index (χ1) is 9.88. The monoisotopic (exact) mass is 314 g/mol. The minimum Gasteiger partial charge on any atom is -0.351 e. The maximum atomic E-state index is 13.1. The Labute approximate surface area is 124 Å². The smallest absolute Gasteiger partial charge is 0.238 e. The van der Waals surface area contributed by atoms with Gasteiger partial charge in [-0.2, -0.15) is 4.31 Å². The largest absolute Gasteiger partial charge is 0.351 e. The molecule has 7 heteroatoms. The fourth-order valence-corrected chi connectivity index (χ4v) is 3.64. The number of amides is 1. The molecule has 0 bridgehead atoms. The van der Waals surface area contributed by atoms with Crippen LogP contribution >= 0.6 is 0 Å². The molecule has 0 unspecified atom stereocenters. The van der Waals surface area contributed by atoms with E-state index in [0.29, 0.717) is 18.5 Å². The molecule has 1 fully saturated rings. The lowest BCUT2D eigenvalue weighted by atomic mass is 10.0. The molecule has 1 aliphatic rings. The summed E-state index contributed by atoms with van der Waals surface area (Å²) in [5.41, 5.74) is 0.644. The number of benzene rings is 1. The maximum Gasteiger partial charge on any atom is 0.238 e. The highest BCUT2D eigenvalue weighted by atomic mass is 32.2. The molecule has 0 spiro atoms. The average molecular weight is 314 g/mol. The number of nitrogens with one attached hydrogen (secondary N) is 1. The van der Waals surface area contributed by atoms with Crippen molar-refractivity contribution in [3.8, 4) is 0 Å². The predicted octanol–water partition coefficient (Wildman–Crippen LogP) is 1.26. The van der Waals surface area contributed by atoms with Gasteiger partial charge in [0.15, 0.2) is 0 Å². The summed E-state index contributed by atoms with van der Waals surface area (Å²) >= 11 is 0. The number of carbonyl (C=O) groups excluding carboxylic acids is 1. The topological polar surface area (TPSA) is 66.5 Å². The molecule has 1 aliphatic heterocycles. The van der Waals surface area contributed by atoms with Crippen molar-refractivity contribution in [2.45, 2.75) is 31.8 Å². The van der Waals surface area contributed by atoms with Gasteiger partial charge in [-0.25, -0.2) is 12.8 Å². The number of nitrogens with zero attached hydrogens (tertiary/aromatic N) is 1. The molecule has 0 radical (unpaired) electrons. The van der Waals surface area contributed by atoms with Crippen LogP contribution in [0.15, 0.2) is 24.3 Å². The summed E-state index contributed by atoms with van der Waals surface area (Å²) in [6.07, 6.45) is 3.22. The van der Waals surface area contributed by atoms with Crippen LogP contribution in [0.2, 0.25) is 0 Å². The van der Waals surface area contributed by atoms with E-state index in [0.717, 1.165) is 19.1 Å². The van der Waals surface area contributed by atoms with Gasteiger partial charge in [0, 0.05) is 13.1 Å². The molecule has 0 saturated carbocycles. The third kappa shape index (κ3) is 4.25. The molecule has 1 N–H and O–H groups in total. The van der Waals surface area contributed by atoms with Gasteiger partial charge in [-0.1, -0.05) is 18.6 Å². The van der Waals surface area contributed by atoms with Gasteiger partial charge in [-0.15, -0.1) is 0 Å². The van der Waals surface area contributed by atoms with E-state index in [4.69, 9.17) is 0 Å². The highest BCUT2D eigenvalue weighted by molar-refractivity contribution is 7.88. The molecule has 1 saturated heterocycles. The van der Waals surface area contributed by atoms with E-state index in [1.165, 1.54) is 16.4 Å². The van der Waals surface area contributed by atoms with Gasteiger partial charge in [0.1, 0.15) is 11.9 Å². The molecule has 1 amide bonds. The minimum absolute atomic E-state index is 0.185. The van der Waals surface area contributed by atoms with Gasteiger partial charge in [0.2, 0.25) is 15.9 Å². The van der Waals surface area contributed by atoms with Crippen LogP contribution in [-0.4, -0.2) is 37.5 Å². The molecule has 1 heterocycles. The Bertz CT molecular complexity index is 618. The van der Waals surface area contributed by atoms with E-state index < -0.39 is 16.1 Å². The molecule has 1 atom stereocenters. The SMILES string of the molecule is CS(=O)(=O)N1CCCC[C@H]1C(=O)NCc1cccc(F)c1. The highest BCUT2D eigenvalue weighted by Gasteiger charge is 2.34. The van der Waals surface area contributed by atoms with Crippen LogP contribution < -0.4 is 5.32 Å². The third-order valence-corrected chi connectivity index (χ3v) is 4.83. The zero-order valence-corrected chi connectivity index (χ0v) is 12.7. The number of sulfonamides is 1. The van der Waals surface area contributed by atoms with Crippen LogP contribution in [0.1, 0.15) is 24.8 Å². The van der Waals surface area contributed by atoms with Gasteiger partial charge in [-0.3, -0.25) is 4.79 Å². The third-order valence-electron chi connectivity index (χ3n) is 3.54. The van der Waals surface area contributed by atoms with E-state index in [2.05, 4.69) is 5.32 Å². The molecule has 2 rings (SSSR count). The van der Waals surface area contributed by atoms with Crippen LogP contribution in [0.5, 0.6) is 0 Å². The van der Waals surface area contributed by atoms with Gasteiger partial charge in [0.25, 0.3) is 0 Å². The number of hydrogen-bond donors (Lipinski definition) is 1. The molecule has 1 aromatic rings. The Hall–Kier alpha value is -1.47. The second-order valence-electron chi connectivity index (χ2n) is 5.23. The lowest BCUT2D eigenvalue weighted by Gasteiger charge is -2.32. The summed E-state index contributed by atoms with van der Waals surface area (Å²) in [4.78, 5) is 12.2. The second-order valence-corrected chi connectivity index (χ2v) is 7.17. The van der Waals surface area contributed by atoms with Gasteiger partial charge < -0.3 is 5.32 Å². The van der Waals surface area contributed by atoms with Gasteiger partial charge >= 0.3 is 0 Å². The number of halogens is 1. The molecule has 5 nitrogen and oxygen atoms in total. The molecule has 0 aromatic heterocycles. The molecule has 1 aromatic carbocycles. The summed E-state index contributed by atoms with van der Waals surface area (Å²) < 4.78 is 37.7. The Morgan fingerprint density at radius 2 is 2.19 bits per heavy atom. The first kappa shape index (κ1) is 15.9. The van der Waals surface area contributed by atoms with E-state index >= 15 is 0 Å². The summed E-state index contributed by atoms with van der Waals surface area (Å²) in [6, 6.07) is 5.29. The lowest BCUT2D eigenvalue weighted by Crippen LogP contribution is -2.51. The first-order valence-electron chi connectivity index (χ1n) is 6.87. The fraction of sp³-hybridized carbons (Fsp3) is 0.500. The zero-order valence-electron chi connectivity index (χ0n) is 11.9. The lowest BCUT2D eigenvalue weighted by molar-refractivity contribution is -0.125. The van der Waals surface area contributed by atoms with Crippen LogP contribution in [-0.2, 0) is 21.4 Å². The molecule has 21 heavy (non-hydrogen) atoms. The van der Waals surface area contributed by atoms with Crippen molar-refractivity contribution in [1.82, 2.24) is 9.62 Å². The Balaban J connectivity index is 2.01. The molecular weight excluding hydrogens is 295 g/mol. The summed E-state index contributed by atoms with van der Waals surface area (Å²) in [5, 5.41) is 2.69. The zero-order chi connectivity index (χ0) is 15.5. The Kier molecular flexibility index (Phi) is 4.95. The van der Waals surface area contributed by atoms with Crippen molar-refractivity contribution in [3.05, 3.63) is 35.6 Å². The number of rotatable bonds is 4. The van der Waals surface area contributed by atoms with Crippen LogP contribution in [0, 0.1) is 5.82 Å². The van der Waals surface area contributed by atoms with Crippen molar-refractivity contribution in [2.75, 3.05) is 12.8 Å². The molecule has 0 aliphatic carbocycles. The van der Waals surface area contributed by atoms with Crippen LogP contribution in [0.3, 0.4) is 0 Å². The van der Waals surface area contributed by atoms with Crippen molar-refractivity contribution in [1.29, 1.82) is 0 Å².